The Morgan fingerprint density at radius 2 is 1.75 bits per heavy atom. The maximum absolute atomic E-state index is 3.66. The Hall–Kier alpha value is -0.0400. The second-order valence-corrected chi connectivity index (χ2v) is 8.52. The van der Waals surface area contributed by atoms with E-state index in [-0.39, 0.29) is 0 Å². The van der Waals surface area contributed by atoms with Crippen molar-refractivity contribution in [3.05, 3.63) is 0 Å². The fourth-order valence-corrected chi connectivity index (χ4v) is 4.27. The van der Waals surface area contributed by atoms with E-state index in [9.17, 15) is 0 Å². The van der Waals surface area contributed by atoms with Crippen molar-refractivity contribution >= 4 is 0 Å². The van der Waals surface area contributed by atoms with E-state index in [1.54, 1.807) is 0 Å². The van der Waals surface area contributed by atoms with E-state index in [1.807, 2.05) is 0 Å². The first-order valence-electron chi connectivity index (χ1n) is 9.03. The predicted octanol–water partition coefficient (Wildman–Crippen LogP) is 5.64. The molecule has 1 heteroatoms. The molecule has 20 heavy (non-hydrogen) atoms. The number of rotatable bonds is 7. The monoisotopic (exact) mass is 281 g/mol. The van der Waals surface area contributed by atoms with Gasteiger partial charge in [0.2, 0.25) is 0 Å². The molecule has 0 aromatic heterocycles. The Labute approximate surface area is 128 Å². The maximum atomic E-state index is 3.66. The quantitative estimate of drug-likeness (QED) is 0.636. The van der Waals surface area contributed by atoms with Crippen molar-refractivity contribution in [3.8, 4) is 0 Å². The van der Waals surface area contributed by atoms with Crippen LogP contribution in [-0.4, -0.2) is 13.1 Å². The summed E-state index contributed by atoms with van der Waals surface area (Å²) >= 11 is 0. The molecular formula is C19H39N. The zero-order valence-electron chi connectivity index (χ0n) is 15.0. The van der Waals surface area contributed by atoms with Gasteiger partial charge in [-0.2, -0.15) is 0 Å². The van der Waals surface area contributed by atoms with Gasteiger partial charge in [0, 0.05) is 6.54 Å². The third-order valence-electron chi connectivity index (χ3n) is 5.58. The molecule has 1 fully saturated rings. The van der Waals surface area contributed by atoms with Crippen molar-refractivity contribution in [2.45, 2.75) is 86.5 Å². The second kappa shape index (κ2) is 7.82. The van der Waals surface area contributed by atoms with Gasteiger partial charge in [0.1, 0.15) is 0 Å². The van der Waals surface area contributed by atoms with E-state index in [4.69, 9.17) is 0 Å². The zero-order chi connectivity index (χ0) is 15.2. The molecule has 0 bridgehead atoms. The molecule has 1 atom stereocenters. The normalized spacial score (nSPS) is 29.4. The molecule has 1 rings (SSSR count). The maximum Gasteiger partial charge on any atom is 0.000779 e. The van der Waals surface area contributed by atoms with Crippen molar-refractivity contribution in [2.75, 3.05) is 13.1 Å². The fraction of sp³-hybridized carbons (Fsp3) is 1.00. The van der Waals surface area contributed by atoms with Crippen LogP contribution >= 0.6 is 0 Å². The summed E-state index contributed by atoms with van der Waals surface area (Å²) in [6.07, 6.45) is 9.93. The number of hydrogen-bond acceptors (Lipinski definition) is 1. The summed E-state index contributed by atoms with van der Waals surface area (Å²) < 4.78 is 0. The van der Waals surface area contributed by atoms with Crippen LogP contribution in [0.15, 0.2) is 0 Å². The van der Waals surface area contributed by atoms with Gasteiger partial charge in [0.15, 0.2) is 0 Å². The molecule has 120 valence electrons. The molecule has 0 saturated heterocycles. The summed E-state index contributed by atoms with van der Waals surface area (Å²) in [4.78, 5) is 0. The Balaban J connectivity index is 2.62. The first kappa shape index (κ1) is 18.0. The van der Waals surface area contributed by atoms with Crippen molar-refractivity contribution in [1.82, 2.24) is 5.32 Å². The molecule has 0 amide bonds. The molecule has 0 aliphatic heterocycles. The van der Waals surface area contributed by atoms with Gasteiger partial charge in [-0.1, -0.05) is 54.4 Å². The highest BCUT2D eigenvalue weighted by Gasteiger charge is 2.38. The average molecular weight is 282 g/mol. The minimum Gasteiger partial charge on any atom is -0.316 e. The Kier molecular flexibility index (Phi) is 7.04. The van der Waals surface area contributed by atoms with E-state index >= 15 is 0 Å². The van der Waals surface area contributed by atoms with Gasteiger partial charge in [-0.3, -0.25) is 0 Å². The molecule has 1 saturated carbocycles. The third kappa shape index (κ3) is 5.39. The Morgan fingerprint density at radius 1 is 1.15 bits per heavy atom. The van der Waals surface area contributed by atoms with Crippen LogP contribution in [-0.2, 0) is 0 Å². The molecular weight excluding hydrogens is 242 g/mol. The van der Waals surface area contributed by atoms with Gasteiger partial charge in [0.05, 0.1) is 0 Å². The molecule has 0 radical (unpaired) electrons. The highest BCUT2D eigenvalue weighted by Crippen LogP contribution is 2.48. The zero-order valence-corrected chi connectivity index (χ0v) is 15.0. The summed E-state index contributed by atoms with van der Waals surface area (Å²) in [5, 5.41) is 3.66. The van der Waals surface area contributed by atoms with Crippen LogP contribution in [0.25, 0.3) is 0 Å². The molecule has 1 unspecified atom stereocenters. The van der Waals surface area contributed by atoms with Gasteiger partial charge < -0.3 is 5.32 Å². The summed E-state index contributed by atoms with van der Waals surface area (Å²) in [5.41, 5.74) is 1.09. The van der Waals surface area contributed by atoms with Crippen molar-refractivity contribution in [3.63, 3.8) is 0 Å². The van der Waals surface area contributed by atoms with E-state index in [2.05, 4.69) is 46.9 Å². The highest BCUT2D eigenvalue weighted by molar-refractivity contribution is 4.91. The first-order valence-corrected chi connectivity index (χ1v) is 9.03. The topological polar surface area (TPSA) is 12.0 Å². The van der Waals surface area contributed by atoms with Crippen molar-refractivity contribution < 1.29 is 0 Å². The Bertz CT molecular complexity index is 255. The summed E-state index contributed by atoms with van der Waals surface area (Å²) in [5.74, 6) is 1.82. The Morgan fingerprint density at radius 3 is 2.20 bits per heavy atom. The van der Waals surface area contributed by atoms with Crippen LogP contribution in [0.3, 0.4) is 0 Å². The van der Waals surface area contributed by atoms with Crippen LogP contribution in [0.4, 0.5) is 0 Å². The molecule has 0 spiro atoms. The van der Waals surface area contributed by atoms with Gasteiger partial charge in [-0.15, -0.1) is 0 Å². The van der Waals surface area contributed by atoms with E-state index in [0.29, 0.717) is 10.8 Å². The van der Waals surface area contributed by atoms with Crippen LogP contribution in [0.1, 0.15) is 86.5 Å². The molecule has 1 aliphatic rings. The highest BCUT2D eigenvalue weighted by atomic mass is 14.9. The van der Waals surface area contributed by atoms with Gasteiger partial charge in [0.25, 0.3) is 0 Å². The predicted molar refractivity (Wildman–Crippen MR) is 91.1 cm³/mol. The summed E-state index contributed by atoms with van der Waals surface area (Å²) in [7, 11) is 0. The summed E-state index contributed by atoms with van der Waals surface area (Å²) in [6.45, 7) is 16.7. The fourth-order valence-electron chi connectivity index (χ4n) is 4.27. The van der Waals surface area contributed by atoms with Gasteiger partial charge >= 0.3 is 0 Å². The first-order chi connectivity index (χ1) is 9.33. The molecule has 0 aromatic rings. The minimum atomic E-state index is 0.499. The number of nitrogens with one attached hydrogen (secondary N) is 1. The van der Waals surface area contributed by atoms with Crippen molar-refractivity contribution in [1.29, 1.82) is 0 Å². The molecule has 0 heterocycles. The van der Waals surface area contributed by atoms with Crippen LogP contribution in [0.2, 0.25) is 0 Å². The third-order valence-corrected chi connectivity index (χ3v) is 5.58. The lowest BCUT2D eigenvalue weighted by atomic mass is 9.61. The van der Waals surface area contributed by atoms with E-state index in [1.165, 1.54) is 51.5 Å². The van der Waals surface area contributed by atoms with Crippen LogP contribution in [0.5, 0.6) is 0 Å². The van der Waals surface area contributed by atoms with Gasteiger partial charge in [-0.05, 0) is 61.3 Å². The minimum absolute atomic E-state index is 0.499. The standard InChI is InChI=1S/C19H39N/c1-7-9-16(3)14-19(15-20-8-2)12-10-17(11-13-19)18(4,5)6/h16-17,20H,7-15H2,1-6H3. The SMILES string of the molecule is CCCC(C)CC1(CNCC)CCC(C(C)(C)C)CC1. The average Bonchev–Trinajstić information content (AvgIpc) is 2.36. The van der Waals surface area contributed by atoms with E-state index in [0.717, 1.165) is 18.4 Å². The smallest absolute Gasteiger partial charge is 0.000779 e. The molecule has 1 nitrogen and oxygen atoms in total. The number of hydrogen-bond donors (Lipinski definition) is 1. The molecule has 0 aromatic carbocycles. The van der Waals surface area contributed by atoms with Crippen LogP contribution < -0.4 is 5.32 Å². The largest absolute Gasteiger partial charge is 0.316 e. The lowest BCUT2D eigenvalue weighted by molar-refractivity contribution is 0.0675. The lowest BCUT2D eigenvalue weighted by Crippen LogP contribution is -2.40. The van der Waals surface area contributed by atoms with Crippen molar-refractivity contribution in [2.24, 2.45) is 22.7 Å². The van der Waals surface area contributed by atoms with Gasteiger partial charge in [-0.25, -0.2) is 0 Å². The van der Waals surface area contributed by atoms with E-state index < -0.39 is 0 Å². The van der Waals surface area contributed by atoms with Crippen LogP contribution in [0, 0.1) is 22.7 Å². The summed E-state index contributed by atoms with van der Waals surface area (Å²) in [6, 6.07) is 0. The molecule has 1 aliphatic carbocycles. The molecule has 1 N–H and O–H groups in total. The second-order valence-electron chi connectivity index (χ2n) is 8.52. The lowest BCUT2D eigenvalue weighted by Gasteiger charge is -2.45.